The van der Waals surface area contributed by atoms with Gasteiger partial charge in [0.25, 0.3) is 0 Å². The normalized spacial score (nSPS) is 11.9. The van der Waals surface area contributed by atoms with E-state index in [1.54, 1.807) is 36.4 Å². The number of rotatable bonds is 11. The molecule has 4 aromatic rings. The Labute approximate surface area is 230 Å². The number of anilines is 1. The minimum Gasteiger partial charge on any atom is -0.494 e. The van der Waals surface area contributed by atoms with Gasteiger partial charge in [-0.25, -0.2) is 17.8 Å². The molecule has 0 amide bonds. The summed E-state index contributed by atoms with van der Waals surface area (Å²) in [6.07, 6.45) is -1.09. The zero-order valence-corrected chi connectivity index (χ0v) is 22.8. The number of hydrogen-bond acceptors (Lipinski definition) is 10. The summed E-state index contributed by atoms with van der Waals surface area (Å²) >= 11 is 0. The third-order valence-corrected chi connectivity index (χ3v) is 7.07. The second-order valence-corrected chi connectivity index (χ2v) is 9.98. The fourth-order valence-electron chi connectivity index (χ4n) is 4.00. The standard InChI is InChI=1S/C26H25FN6O6S/c1-36-20-8-6-9-21(37-2)24(20)33-25(19-7-5-10-23(29-19)39-4)30-31-26(33)32-40(34,35)15-22(38-3)18-12-11-17(27)13-16(18)14-28/h5-13,22H,15H2,1-4H3,(H,31,32)/t22-/m1/s1. The SMILES string of the molecule is COc1cccc(-c2nnc(NS(=O)(=O)C[C@@H](OC)c3ccc(F)cc3C#N)n2-c2c(OC)cccc2OC)n1. The molecule has 0 saturated heterocycles. The van der Waals surface area contributed by atoms with Gasteiger partial charge in [0, 0.05) is 13.2 Å². The number of nitrogens with zero attached hydrogens (tertiary/aromatic N) is 5. The van der Waals surface area contributed by atoms with E-state index < -0.39 is 27.7 Å². The van der Waals surface area contributed by atoms with Crippen molar-refractivity contribution in [3.63, 3.8) is 0 Å². The highest BCUT2D eigenvalue weighted by atomic mass is 32.2. The van der Waals surface area contributed by atoms with Crippen molar-refractivity contribution in [3.05, 3.63) is 71.5 Å². The number of halogens is 1. The molecular weight excluding hydrogens is 543 g/mol. The van der Waals surface area contributed by atoms with Crippen LogP contribution in [0.5, 0.6) is 17.4 Å². The first kappa shape index (κ1) is 28.3. The van der Waals surface area contributed by atoms with Gasteiger partial charge < -0.3 is 18.9 Å². The lowest BCUT2D eigenvalue weighted by atomic mass is 10.0. The predicted molar refractivity (Wildman–Crippen MR) is 143 cm³/mol. The molecule has 1 N–H and O–H groups in total. The van der Waals surface area contributed by atoms with E-state index in [-0.39, 0.29) is 22.9 Å². The van der Waals surface area contributed by atoms with E-state index in [0.717, 1.165) is 12.1 Å². The second-order valence-electron chi connectivity index (χ2n) is 8.21. The summed E-state index contributed by atoms with van der Waals surface area (Å²) in [5, 5.41) is 17.7. The Morgan fingerprint density at radius 2 is 1.70 bits per heavy atom. The van der Waals surface area contributed by atoms with Gasteiger partial charge in [0.05, 0.1) is 44.8 Å². The second kappa shape index (κ2) is 12.0. The molecule has 0 bridgehead atoms. The van der Waals surface area contributed by atoms with E-state index in [0.29, 0.717) is 28.8 Å². The van der Waals surface area contributed by atoms with Crippen molar-refractivity contribution in [2.75, 3.05) is 38.9 Å². The molecule has 0 saturated carbocycles. The lowest BCUT2D eigenvalue weighted by molar-refractivity contribution is 0.121. The molecule has 1 atom stereocenters. The molecule has 40 heavy (non-hydrogen) atoms. The molecule has 0 unspecified atom stereocenters. The van der Waals surface area contributed by atoms with Gasteiger partial charge in [-0.1, -0.05) is 18.2 Å². The van der Waals surface area contributed by atoms with Crippen LogP contribution in [0, 0.1) is 17.1 Å². The van der Waals surface area contributed by atoms with Crippen LogP contribution in [0.1, 0.15) is 17.2 Å². The molecule has 14 heteroatoms. The van der Waals surface area contributed by atoms with Crippen LogP contribution in [-0.4, -0.2) is 62.4 Å². The average molecular weight is 569 g/mol. The molecule has 2 aromatic carbocycles. The highest BCUT2D eigenvalue weighted by Gasteiger charge is 2.28. The smallest absolute Gasteiger partial charge is 0.243 e. The molecule has 208 valence electrons. The van der Waals surface area contributed by atoms with E-state index in [1.807, 2.05) is 6.07 Å². The largest absolute Gasteiger partial charge is 0.494 e. The highest BCUT2D eigenvalue weighted by Crippen LogP contribution is 2.37. The molecule has 0 aliphatic heterocycles. The van der Waals surface area contributed by atoms with Crippen molar-refractivity contribution in [1.82, 2.24) is 19.7 Å². The number of nitriles is 1. The van der Waals surface area contributed by atoms with E-state index in [9.17, 15) is 18.1 Å². The Morgan fingerprint density at radius 1 is 1.00 bits per heavy atom. The fraction of sp³-hybridized carbons (Fsp3) is 0.231. The van der Waals surface area contributed by atoms with Gasteiger partial charge in [-0.05, 0) is 35.9 Å². The maximum atomic E-state index is 13.7. The van der Waals surface area contributed by atoms with Crippen LogP contribution in [0.4, 0.5) is 10.3 Å². The summed E-state index contributed by atoms with van der Waals surface area (Å²) in [6, 6.07) is 15.3. The van der Waals surface area contributed by atoms with Gasteiger partial charge in [-0.15, -0.1) is 10.2 Å². The van der Waals surface area contributed by atoms with E-state index in [1.165, 1.54) is 39.1 Å². The number of aromatic nitrogens is 4. The van der Waals surface area contributed by atoms with Gasteiger partial charge >= 0.3 is 0 Å². The maximum Gasteiger partial charge on any atom is 0.243 e. The number of methoxy groups -OCH3 is 4. The van der Waals surface area contributed by atoms with Crippen LogP contribution in [0.15, 0.2) is 54.6 Å². The Bertz CT molecular complexity index is 1650. The number of hydrogen-bond donors (Lipinski definition) is 1. The molecule has 2 aromatic heterocycles. The minimum atomic E-state index is -4.21. The van der Waals surface area contributed by atoms with Crippen LogP contribution < -0.4 is 18.9 Å². The summed E-state index contributed by atoms with van der Waals surface area (Å²) in [4.78, 5) is 4.41. The van der Waals surface area contributed by atoms with E-state index in [4.69, 9.17) is 18.9 Å². The zero-order chi connectivity index (χ0) is 28.9. The number of pyridine rings is 1. The summed E-state index contributed by atoms with van der Waals surface area (Å²) in [5.41, 5.74) is 0.801. The number of benzene rings is 2. The van der Waals surface area contributed by atoms with Crippen molar-refractivity contribution in [2.45, 2.75) is 6.10 Å². The molecule has 0 fully saturated rings. The van der Waals surface area contributed by atoms with Crippen LogP contribution in [0.25, 0.3) is 17.2 Å². The van der Waals surface area contributed by atoms with E-state index in [2.05, 4.69) is 19.9 Å². The van der Waals surface area contributed by atoms with Gasteiger partial charge in [-0.2, -0.15) is 5.26 Å². The summed E-state index contributed by atoms with van der Waals surface area (Å²) in [6.45, 7) is 0. The molecule has 2 heterocycles. The molecule has 0 aliphatic rings. The van der Waals surface area contributed by atoms with Crippen LogP contribution in [0.3, 0.4) is 0 Å². The summed E-state index contributed by atoms with van der Waals surface area (Å²) < 4.78 is 66.1. The fourth-order valence-corrected chi connectivity index (χ4v) is 5.21. The molecule has 0 radical (unpaired) electrons. The van der Waals surface area contributed by atoms with Crippen LogP contribution in [-0.2, 0) is 14.8 Å². The topological polar surface area (TPSA) is 150 Å². The Kier molecular flexibility index (Phi) is 8.46. The summed E-state index contributed by atoms with van der Waals surface area (Å²) in [7, 11) is 1.45. The first-order chi connectivity index (χ1) is 19.2. The van der Waals surface area contributed by atoms with Gasteiger partial charge in [0.2, 0.25) is 21.9 Å². The molecule has 4 rings (SSSR count). The van der Waals surface area contributed by atoms with Crippen molar-refractivity contribution < 1.29 is 31.8 Å². The first-order valence-electron chi connectivity index (χ1n) is 11.7. The van der Waals surface area contributed by atoms with Gasteiger partial charge in [0.1, 0.15) is 28.7 Å². The van der Waals surface area contributed by atoms with Crippen LogP contribution in [0.2, 0.25) is 0 Å². The first-order valence-corrected chi connectivity index (χ1v) is 13.3. The third-order valence-electron chi connectivity index (χ3n) is 5.84. The lowest BCUT2D eigenvalue weighted by Gasteiger charge is -2.19. The lowest BCUT2D eigenvalue weighted by Crippen LogP contribution is -2.25. The van der Waals surface area contributed by atoms with Crippen molar-refractivity contribution in [1.29, 1.82) is 5.26 Å². The number of sulfonamides is 1. The van der Waals surface area contributed by atoms with Crippen molar-refractivity contribution in [3.8, 4) is 40.7 Å². The Hall–Kier alpha value is -4.74. The van der Waals surface area contributed by atoms with Crippen molar-refractivity contribution in [2.24, 2.45) is 0 Å². The Morgan fingerprint density at radius 3 is 2.33 bits per heavy atom. The zero-order valence-electron chi connectivity index (χ0n) is 22.0. The molecule has 0 spiro atoms. The third kappa shape index (κ3) is 5.80. The monoisotopic (exact) mass is 568 g/mol. The molecule has 12 nitrogen and oxygen atoms in total. The number of para-hydroxylation sites is 1. The predicted octanol–water partition coefficient (Wildman–Crippen LogP) is 3.50. The van der Waals surface area contributed by atoms with Gasteiger partial charge in [0.15, 0.2) is 5.82 Å². The quantitative estimate of drug-likeness (QED) is 0.285. The highest BCUT2D eigenvalue weighted by molar-refractivity contribution is 7.92. The molecule has 0 aliphatic carbocycles. The average Bonchev–Trinajstić information content (AvgIpc) is 3.37. The summed E-state index contributed by atoms with van der Waals surface area (Å²) in [5.74, 6) is -0.311. The minimum absolute atomic E-state index is 0.0460. The van der Waals surface area contributed by atoms with Gasteiger partial charge in [-0.3, -0.25) is 9.29 Å². The molecular formula is C26H25FN6O6S. The maximum absolute atomic E-state index is 13.7. The van der Waals surface area contributed by atoms with E-state index >= 15 is 0 Å². The van der Waals surface area contributed by atoms with Crippen molar-refractivity contribution >= 4 is 16.0 Å². The van der Waals surface area contributed by atoms with Crippen LogP contribution >= 0.6 is 0 Å². The Balaban J connectivity index is 1.82. The number of ether oxygens (including phenoxy) is 4. The number of nitrogens with one attached hydrogen (secondary N) is 1.